The summed E-state index contributed by atoms with van der Waals surface area (Å²) in [4.78, 5) is 33.8. The lowest BCUT2D eigenvalue weighted by molar-refractivity contribution is 0.0948. The zero-order valence-electron chi connectivity index (χ0n) is 15.7. The van der Waals surface area contributed by atoms with Gasteiger partial charge in [0, 0.05) is 30.8 Å². The molecule has 0 aliphatic heterocycles. The van der Waals surface area contributed by atoms with Crippen LogP contribution < -0.4 is 10.6 Å². The van der Waals surface area contributed by atoms with E-state index in [-0.39, 0.29) is 17.4 Å². The van der Waals surface area contributed by atoms with Gasteiger partial charge >= 0.3 is 0 Å². The fourth-order valence-electron chi connectivity index (χ4n) is 2.99. The summed E-state index contributed by atoms with van der Waals surface area (Å²) in [6.45, 7) is 0.315. The van der Waals surface area contributed by atoms with Gasteiger partial charge in [0.15, 0.2) is 5.69 Å². The monoisotopic (exact) mass is 396 g/mol. The normalized spacial score (nSPS) is 10.4. The van der Waals surface area contributed by atoms with Gasteiger partial charge in [0.25, 0.3) is 11.8 Å². The van der Waals surface area contributed by atoms with Gasteiger partial charge in [-0.2, -0.15) is 5.26 Å². The van der Waals surface area contributed by atoms with Crippen LogP contribution in [0.2, 0.25) is 0 Å². The smallest absolute Gasteiger partial charge is 0.292 e. The molecule has 4 aromatic rings. The van der Waals surface area contributed by atoms with Crippen molar-refractivity contribution in [3.63, 3.8) is 0 Å². The summed E-state index contributed by atoms with van der Waals surface area (Å²) in [5.41, 5.74) is 2.46. The van der Waals surface area contributed by atoms with E-state index in [0.29, 0.717) is 23.3 Å². The first kappa shape index (κ1) is 18.8. The highest BCUT2D eigenvalue weighted by molar-refractivity contribution is 6.06. The highest BCUT2D eigenvalue weighted by atomic mass is 16.2. The van der Waals surface area contributed by atoms with Gasteiger partial charge in [-0.3, -0.25) is 19.0 Å². The van der Waals surface area contributed by atoms with E-state index in [4.69, 9.17) is 5.26 Å². The molecule has 3 heterocycles. The summed E-state index contributed by atoms with van der Waals surface area (Å²) in [5, 5.41) is 14.6. The quantitative estimate of drug-likeness (QED) is 0.539. The first-order valence-corrected chi connectivity index (χ1v) is 9.11. The number of rotatable bonds is 5. The molecule has 0 saturated carbocycles. The van der Waals surface area contributed by atoms with Crippen LogP contribution in [0.3, 0.4) is 0 Å². The number of anilines is 1. The molecule has 0 radical (unpaired) electrons. The van der Waals surface area contributed by atoms with Crippen LogP contribution in [-0.2, 0) is 6.54 Å². The topological polar surface area (TPSA) is 112 Å². The highest BCUT2D eigenvalue weighted by Crippen LogP contribution is 2.16. The number of nitrogens with one attached hydrogen (secondary N) is 2. The molecule has 0 aliphatic carbocycles. The van der Waals surface area contributed by atoms with Crippen molar-refractivity contribution < 1.29 is 9.59 Å². The van der Waals surface area contributed by atoms with Crippen LogP contribution in [0, 0.1) is 11.3 Å². The molecule has 2 N–H and O–H groups in total. The van der Waals surface area contributed by atoms with E-state index >= 15 is 0 Å². The van der Waals surface area contributed by atoms with Crippen molar-refractivity contribution in [3.05, 3.63) is 95.8 Å². The number of amides is 2. The molecule has 30 heavy (non-hydrogen) atoms. The third kappa shape index (κ3) is 3.86. The molecule has 8 heteroatoms. The maximum Gasteiger partial charge on any atom is 0.292 e. The third-order valence-corrected chi connectivity index (χ3v) is 4.42. The van der Waals surface area contributed by atoms with Crippen molar-refractivity contribution in [1.82, 2.24) is 19.7 Å². The summed E-state index contributed by atoms with van der Waals surface area (Å²) in [5.74, 6) is -0.803. The minimum atomic E-state index is -0.487. The lowest BCUT2D eigenvalue weighted by atomic mass is 10.2. The number of pyridine rings is 2. The van der Waals surface area contributed by atoms with Gasteiger partial charge in [0.2, 0.25) is 5.82 Å². The second kappa shape index (κ2) is 8.24. The van der Waals surface area contributed by atoms with Crippen molar-refractivity contribution in [2.75, 3.05) is 5.32 Å². The number of fused-ring (bicyclic) bond motifs is 1. The second-order valence-corrected chi connectivity index (χ2v) is 6.42. The molecule has 0 fully saturated rings. The van der Waals surface area contributed by atoms with Crippen LogP contribution in [0.5, 0.6) is 0 Å². The minimum absolute atomic E-state index is 0.0713. The second-order valence-electron chi connectivity index (χ2n) is 6.42. The summed E-state index contributed by atoms with van der Waals surface area (Å²) in [6, 6.07) is 17.4. The van der Waals surface area contributed by atoms with Gasteiger partial charge in [-0.25, -0.2) is 4.98 Å². The fraction of sp³-hybridized carbons (Fsp3) is 0.0455. The van der Waals surface area contributed by atoms with Crippen LogP contribution in [0.15, 0.2) is 73.2 Å². The van der Waals surface area contributed by atoms with E-state index in [1.165, 1.54) is 0 Å². The van der Waals surface area contributed by atoms with E-state index in [1.807, 2.05) is 6.07 Å². The number of hydrogen-bond donors (Lipinski definition) is 2. The van der Waals surface area contributed by atoms with E-state index in [2.05, 4.69) is 20.6 Å². The zero-order chi connectivity index (χ0) is 20.9. The van der Waals surface area contributed by atoms with Crippen LogP contribution >= 0.6 is 0 Å². The first-order valence-electron chi connectivity index (χ1n) is 9.11. The van der Waals surface area contributed by atoms with Crippen LogP contribution in [0.25, 0.3) is 5.52 Å². The third-order valence-electron chi connectivity index (χ3n) is 4.42. The molecule has 0 bridgehead atoms. The number of nitrogens with zero attached hydrogens (tertiary/aromatic N) is 4. The molecule has 1 aromatic carbocycles. The Balaban J connectivity index is 1.60. The largest absolute Gasteiger partial charge is 0.347 e. The number of nitriles is 1. The maximum absolute atomic E-state index is 12.8. The Morgan fingerprint density at radius 2 is 1.87 bits per heavy atom. The van der Waals surface area contributed by atoms with E-state index < -0.39 is 5.91 Å². The van der Waals surface area contributed by atoms with Crippen LogP contribution in [0.1, 0.15) is 32.2 Å². The molecule has 4 rings (SSSR count). The lowest BCUT2D eigenvalue weighted by Crippen LogP contribution is -2.23. The van der Waals surface area contributed by atoms with E-state index in [0.717, 1.165) is 5.56 Å². The Morgan fingerprint density at radius 1 is 1.03 bits per heavy atom. The summed E-state index contributed by atoms with van der Waals surface area (Å²) in [6.07, 6.45) is 4.97. The Labute approximate surface area is 171 Å². The Hall–Kier alpha value is -4.51. The molecule has 0 saturated heterocycles. The van der Waals surface area contributed by atoms with Crippen LogP contribution in [0.4, 0.5) is 5.69 Å². The number of carbonyl (C=O) groups excluding carboxylic acids is 2. The summed E-state index contributed by atoms with van der Waals surface area (Å²) < 4.78 is 1.56. The molecule has 146 valence electrons. The molecule has 0 atom stereocenters. The summed E-state index contributed by atoms with van der Waals surface area (Å²) >= 11 is 0. The van der Waals surface area contributed by atoms with E-state index in [9.17, 15) is 9.59 Å². The minimum Gasteiger partial charge on any atom is -0.347 e. The molecular formula is C22H16N6O2. The van der Waals surface area contributed by atoms with Crippen molar-refractivity contribution in [3.8, 4) is 6.07 Å². The van der Waals surface area contributed by atoms with Gasteiger partial charge in [0.1, 0.15) is 0 Å². The average Bonchev–Trinajstić information content (AvgIpc) is 3.18. The molecule has 2 amide bonds. The molecule has 0 aliphatic rings. The van der Waals surface area contributed by atoms with Crippen molar-refractivity contribution in [2.45, 2.75) is 6.54 Å². The SMILES string of the molecule is N#Cc1cccc(NC(=O)c2nc(C(=O)NCc3ccncc3)c3ccccn23)c1. The molecule has 3 aromatic heterocycles. The van der Waals surface area contributed by atoms with Gasteiger partial charge in [-0.1, -0.05) is 12.1 Å². The maximum atomic E-state index is 12.8. The van der Waals surface area contributed by atoms with Gasteiger partial charge in [0.05, 0.1) is 17.1 Å². The fourth-order valence-corrected chi connectivity index (χ4v) is 2.99. The van der Waals surface area contributed by atoms with Gasteiger partial charge in [-0.15, -0.1) is 0 Å². The molecule has 0 spiro atoms. The lowest BCUT2D eigenvalue weighted by Gasteiger charge is -2.04. The average molecular weight is 396 g/mol. The van der Waals surface area contributed by atoms with E-state index in [1.54, 1.807) is 77.6 Å². The predicted molar refractivity (Wildman–Crippen MR) is 110 cm³/mol. The van der Waals surface area contributed by atoms with Crippen molar-refractivity contribution in [1.29, 1.82) is 5.26 Å². The standard InChI is InChI=1S/C22H16N6O2/c23-13-16-4-3-5-17(12-16)26-22(30)20-27-19(18-6-1-2-11-28(18)20)21(29)25-14-15-7-9-24-10-8-15/h1-12H,14H2,(H,25,29)(H,26,30). The molecule has 8 nitrogen and oxygen atoms in total. The van der Waals surface area contributed by atoms with Gasteiger partial charge in [-0.05, 0) is 48.0 Å². The Morgan fingerprint density at radius 3 is 2.67 bits per heavy atom. The first-order chi connectivity index (χ1) is 14.7. The number of carbonyl (C=O) groups is 2. The van der Waals surface area contributed by atoms with Gasteiger partial charge < -0.3 is 10.6 Å². The number of aromatic nitrogens is 3. The predicted octanol–water partition coefficient (Wildman–Crippen LogP) is 2.78. The zero-order valence-corrected chi connectivity index (χ0v) is 15.7. The van der Waals surface area contributed by atoms with Crippen molar-refractivity contribution in [2.24, 2.45) is 0 Å². The number of imidazole rings is 1. The Bertz CT molecular complexity index is 1270. The molecular weight excluding hydrogens is 380 g/mol. The van der Waals surface area contributed by atoms with Crippen LogP contribution in [-0.4, -0.2) is 26.2 Å². The number of benzene rings is 1. The highest BCUT2D eigenvalue weighted by Gasteiger charge is 2.21. The van der Waals surface area contributed by atoms with Crippen molar-refractivity contribution >= 4 is 23.0 Å². The number of hydrogen-bond acceptors (Lipinski definition) is 5. The summed E-state index contributed by atoms with van der Waals surface area (Å²) in [7, 11) is 0. The Kier molecular flexibility index (Phi) is 5.17. The molecule has 0 unspecified atom stereocenters.